The van der Waals surface area contributed by atoms with E-state index in [0.29, 0.717) is 28.1 Å². The molecule has 0 bridgehead atoms. The normalized spacial score (nSPS) is 15.0. The molecule has 2 aromatic carbocycles. The van der Waals surface area contributed by atoms with Crippen molar-refractivity contribution >= 4 is 28.1 Å². The molecule has 0 radical (unpaired) electrons. The van der Waals surface area contributed by atoms with Gasteiger partial charge in [-0.15, -0.1) is 11.3 Å². The van der Waals surface area contributed by atoms with Crippen molar-refractivity contribution in [1.82, 2.24) is 19.9 Å². The summed E-state index contributed by atoms with van der Waals surface area (Å²) < 4.78 is 14.0. The van der Waals surface area contributed by atoms with Crippen molar-refractivity contribution in [3.8, 4) is 17.1 Å². The van der Waals surface area contributed by atoms with E-state index in [0.717, 1.165) is 43.4 Å². The monoisotopic (exact) mass is 435 g/mol. The molecule has 1 saturated heterocycles. The van der Waals surface area contributed by atoms with Crippen LogP contribution < -0.4 is 4.90 Å². The first-order valence-corrected chi connectivity index (χ1v) is 11.1. The zero-order chi connectivity index (χ0) is 21.4. The maximum absolute atomic E-state index is 14.0. The van der Waals surface area contributed by atoms with Crippen molar-refractivity contribution in [3.63, 3.8) is 0 Å². The summed E-state index contributed by atoms with van der Waals surface area (Å²) in [6, 6.07) is 11.6. The highest BCUT2D eigenvalue weighted by Crippen LogP contribution is 2.32. The molecule has 3 heterocycles. The van der Waals surface area contributed by atoms with Gasteiger partial charge in [0.1, 0.15) is 17.4 Å². The standard InChI is InChI=1S/C23H22FN5OS/c1-15-25-17(14-31-15)13-28-8-10-29(11-9-28)23-19-12-16(24)6-7-20(19)26-22(27-23)18-4-2-3-5-21(18)30/h2-7,12,14,30H,8-11,13H2,1H3. The quantitative estimate of drug-likeness (QED) is 0.518. The Kier molecular flexibility index (Phi) is 5.25. The number of thiazole rings is 1. The third-order valence-corrected chi connectivity index (χ3v) is 6.33. The lowest BCUT2D eigenvalue weighted by atomic mass is 10.1. The van der Waals surface area contributed by atoms with Gasteiger partial charge in [-0.3, -0.25) is 4.90 Å². The van der Waals surface area contributed by atoms with Gasteiger partial charge in [0, 0.05) is 43.5 Å². The van der Waals surface area contributed by atoms with Crippen LogP contribution >= 0.6 is 11.3 Å². The highest BCUT2D eigenvalue weighted by atomic mass is 32.1. The van der Waals surface area contributed by atoms with Crippen LogP contribution in [0, 0.1) is 12.7 Å². The van der Waals surface area contributed by atoms with Crippen molar-refractivity contribution in [1.29, 1.82) is 0 Å². The Bertz CT molecular complexity index is 1240. The molecular weight excluding hydrogens is 413 g/mol. The van der Waals surface area contributed by atoms with Gasteiger partial charge in [0.15, 0.2) is 5.82 Å². The minimum atomic E-state index is -0.315. The summed E-state index contributed by atoms with van der Waals surface area (Å²) in [5.74, 6) is 0.947. The van der Waals surface area contributed by atoms with E-state index in [4.69, 9.17) is 4.98 Å². The van der Waals surface area contributed by atoms with Gasteiger partial charge in [0.25, 0.3) is 0 Å². The maximum atomic E-state index is 14.0. The highest BCUT2D eigenvalue weighted by molar-refractivity contribution is 7.09. The second-order valence-corrected chi connectivity index (χ2v) is 8.73. The minimum absolute atomic E-state index is 0.123. The van der Waals surface area contributed by atoms with Crippen LogP contribution in [-0.2, 0) is 6.54 Å². The van der Waals surface area contributed by atoms with Gasteiger partial charge in [-0.05, 0) is 37.3 Å². The van der Waals surface area contributed by atoms with Gasteiger partial charge in [0.2, 0.25) is 0 Å². The molecule has 4 aromatic rings. The zero-order valence-electron chi connectivity index (χ0n) is 17.1. The number of hydrogen-bond donors (Lipinski definition) is 1. The number of fused-ring (bicyclic) bond motifs is 1. The van der Waals surface area contributed by atoms with Gasteiger partial charge in [-0.2, -0.15) is 0 Å². The Balaban J connectivity index is 1.46. The lowest BCUT2D eigenvalue weighted by Crippen LogP contribution is -2.46. The van der Waals surface area contributed by atoms with Crippen LogP contribution in [0.4, 0.5) is 10.2 Å². The van der Waals surface area contributed by atoms with Crippen LogP contribution in [0.3, 0.4) is 0 Å². The summed E-state index contributed by atoms with van der Waals surface area (Å²) in [5, 5.41) is 14.2. The molecule has 5 rings (SSSR count). The van der Waals surface area contributed by atoms with Crippen molar-refractivity contribution < 1.29 is 9.50 Å². The number of aromatic hydroxyl groups is 1. The smallest absolute Gasteiger partial charge is 0.165 e. The second kappa shape index (κ2) is 8.20. The lowest BCUT2D eigenvalue weighted by Gasteiger charge is -2.35. The zero-order valence-corrected chi connectivity index (χ0v) is 17.9. The Labute approximate surface area is 183 Å². The van der Waals surface area contributed by atoms with Gasteiger partial charge >= 0.3 is 0 Å². The summed E-state index contributed by atoms with van der Waals surface area (Å²) in [6.07, 6.45) is 0. The third kappa shape index (κ3) is 4.08. The number of aryl methyl sites for hydroxylation is 1. The summed E-state index contributed by atoms with van der Waals surface area (Å²) in [5.41, 5.74) is 2.32. The van der Waals surface area contributed by atoms with Crippen LogP contribution in [0.25, 0.3) is 22.3 Å². The maximum Gasteiger partial charge on any atom is 0.165 e. The number of nitrogens with zero attached hydrogens (tertiary/aromatic N) is 5. The third-order valence-electron chi connectivity index (χ3n) is 5.51. The number of para-hydroxylation sites is 1. The van der Waals surface area contributed by atoms with E-state index in [9.17, 15) is 9.50 Å². The highest BCUT2D eigenvalue weighted by Gasteiger charge is 2.22. The minimum Gasteiger partial charge on any atom is -0.507 e. The molecule has 1 aliphatic rings. The van der Waals surface area contributed by atoms with E-state index >= 15 is 0 Å². The SMILES string of the molecule is Cc1nc(CN2CCN(c3nc(-c4ccccc4O)nc4ccc(F)cc34)CC2)cs1. The molecule has 0 spiro atoms. The average Bonchev–Trinajstić information content (AvgIpc) is 3.18. The van der Waals surface area contributed by atoms with Crippen LogP contribution in [0.1, 0.15) is 10.7 Å². The van der Waals surface area contributed by atoms with Crippen LogP contribution in [0.5, 0.6) is 5.75 Å². The number of benzene rings is 2. The van der Waals surface area contributed by atoms with Crippen LogP contribution in [0.2, 0.25) is 0 Å². The van der Waals surface area contributed by atoms with E-state index in [1.807, 2.05) is 13.0 Å². The molecule has 0 amide bonds. The van der Waals surface area contributed by atoms with Crippen molar-refractivity contribution in [2.24, 2.45) is 0 Å². The predicted molar refractivity (Wildman–Crippen MR) is 121 cm³/mol. The van der Waals surface area contributed by atoms with E-state index in [1.54, 1.807) is 35.6 Å². The summed E-state index contributed by atoms with van der Waals surface area (Å²) in [6.45, 7) is 6.12. The molecule has 6 nitrogen and oxygen atoms in total. The second-order valence-electron chi connectivity index (χ2n) is 7.67. The molecule has 158 valence electrons. The van der Waals surface area contributed by atoms with E-state index in [2.05, 4.69) is 25.1 Å². The number of phenolic OH excluding ortho intramolecular Hbond substituents is 1. The Morgan fingerprint density at radius 2 is 1.84 bits per heavy atom. The fraction of sp³-hybridized carbons (Fsp3) is 0.261. The number of aromatic nitrogens is 3. The Hall–Kier alpha value is -3.10. The summed E-state index contributed by atoms with van der Waals surface area (Å²) in [4.78, 5) is 18.5. The van der Waals surface area contributed by atoms with Gasteiger partial charge < -0.3 is 10.0 Å². The van der Waals surface area contributed by atoms with Gasteiger partial charge in [-0.1, -0.05) is 12.1 Å². The van der Waals surface area contributed by atoms with Crippen LogP contribution in [0.15, 0.2) is 47.8 Å². The Morgan fingerprint density at radius 3 is 2.58 bits per heavy atom. The fourth-order valence-corrected chi connectivity index (χ4v) is 4.54. The average molecular weight is 436 g/mol. The van der Waals surface area contributed by atoms with Crippen molar-refractivity contribution in [2.75, 3.05) is 31.1 Å². The first-order chi connectivity index (χ1) is 15.1. The molecular formula is C23H22FN5OS. The number of hydrogen-bond acceptors (Lipinski definition) is 7. The van der Waals surface area contributed by atoms with Crippen molar-refractivity contribution in [2.45, 2.75) is 13.5 Å². The first kappa shape index (κ1) is 19.8. The summed E-state index contributed by atoms with van der Waals surface area (Å²) in [7, 11) is 0. The molecule has 1 N–H and O–H groups in total. The summed E-state index contributed by atoms with van der Waals surface area (Å²) >= 11 is 1.67. The lowest BCUT2D eigenvalue weighted by molar-refractivity contribution is 0.247. The molecule has 31 heavy (non-hydrogen) atoms. The molecule has 1 aliphatic heterocycles. The molecule has 1 fully saturated rings. The van der Waals surface area contributed by atoms with Gasteiger partial charge in [-0.25, -0.2) is 19.3 Å². The van der Waals surface area contributed by atoms with Crippen molar-refractivity contribution in [3.05, 3.63) is 64.4 Å². The Morgan fingerprint density at radius 1 is 1.03 bits per heavy atom. The molecule has 2 aromatic heterocycles. The fourth-order valence-electron chi connectivity index (χ4n) is 3.94. The van der Waals surface area contributed by atoms with Gasteiger partial charge in [0.05, 0.1) is 21.8 Å². The molecule has 0 unspecified atom stereocenters. The molecule has 0 saturated carbocycles. The van der Waals surface area contributed by atoms with E-state index in [1.165, 1.54) is 12.1 Å². The first-order valence-electron chi connectivity index (χ1n) is 10.2. The molecule has 0 atom stereocenters. The van der Waals surface area contributed by atoms with E-state index in [-0.39, 0.29) is 11.6 Å². The molecule has 0 aliphatic carbocycles. The topological polar surface area (TPSA) is 65.4 Å². The largest absolute Gasteiger partial charge is 0.507 e. The number of halogens is 1. The van der Waals surface area contributed by atoms with Crippen LogP contribution in [-0.4, -0.2) is 51.1 Å². The number of anilines is 1. The number of piperazine rings is 1. The predicted octanol–water partition coefficient (Wildman–Crippen LogP) is 4.23. The number of phenols is 1. The molecule has 8 heteroatoms. The number of rotatable bonds is 4. The van der Waals surface area contributed by atoms with E-state index < -0.39 is 0 Å².